The van der Waals surface area contributed by atoms with Crippen LogP contribution >= 0.6 is 0 Å². The van der Waals surface area contributed by atoms with Gasteiger partial charge in [-0.25, -0.2) is 17.1 Å². The molecule has 0 aliphatic heterocycles. The van der Waals surface area contributed by atoms with E-state index in [1.54, 1.807) is 18.2 Å². The Hall–Kier alpha value is -2.31. The quantitative estimate of drug-likeness (QED) is 0.624. The Morgan fingerprint density at radius 2 is 1.78 bits per heavy atom. The van der Waals surface area contributed by atoms with Crippen LogP contribution in [0.5, 0.6) is 0 Å². The van der Waals surface area contributed by atoms with Crippen LogP contribution in [0.1, 0.15) is 15.9 Å². The van der Waals surface area contributed by atoms with Crippen molar-refractivity contribution in [2.45, 2.75) is 4.90 Å². The first kappa shape index (κ1) is 17.1. The standard InChI is InChI=1S/C17H16FNO3S/c1-19(2)23(21,22)15-8-5-7-14(12-15)17(20)11-10-13-6-3-4-9-16(13)18/h3-12H,1-2H3/b11-10+. The van der Waals surface area contributed by atoms with Crippen LogP contribution in [-0.2, 0) is 10.0 Å². The molecule has 0 saturated heterocycles. The fourth-order valence-electron chi connectivity index (χ4n) is 1.89. The first-order chi connectivity index (χ1) is 10.8. The molecule has 0 atom stereocenters. The van der Waals surface area contributed by atoms with Gasteiger partial charge in [0, 0.05) is 25.2 Å². The molecule has 0 heterocycles. The van der Waals surface area contributed by atoms with Crippen LogP contribution in [0.2, 0.25) is 0 Å². The van der Waals surface area contributed by atoms with E-state index < -0.39 is 21.6 Å². The molecular weight excluding hydrogens is 317 g/mol. The van der Waals surface area contributed by atoms with E-state index >= 15 is 0 Å². The van der Waals surface area contributed by atoms with Crippen molar-refractivity contribution in [2.24, 2.45) is 0 Å². The highest BCUT2D eigenvalue weighted by Crippen LogP contribution is 2.16. The number of halogens is 1. The monoisotopic (exact) mass is 333 g/mol. The number of ketones is 1. The van der Waals surface area contributed by atoms with Crippen LogP contribution in [-0.4, -0.2) is 32.6 Å². The van der Waals surface area contributed by atoms with Crippen molar-refractivity contribution in [2.75, 3.05) is 14.1 Å². The summed E-state index contributed by atoms with van der Waals surface area (Å²) in [5.74, 6) is -0.829. The van der Waals surface area contributed by atoms with E-state index in [1.807, 2.05) is 0 Å². The molecule has 0 spiro atoms. The van der Waals surface area contributed by atoms with Gasteiger partial charge in [-0.15, -0.1) is 0 Å². The first-order valence-corrected chi connectivity index (χ1v) is 8.26. The highest BCUT2D eigenvalue weighted by molar-refractivity contribution is 7.89. The second-order valence-electron chi connectivity index (χ2n) is 5.03. The lowest BCUT2D eigenvalue weighted by atomic mass is 10.1. The van der Waals surface area contributed by atoms with Gasteiger partial charge in [-0.1, -0.05) is 30.3 Å². The molecule has 120 valence electrons. The van der Waals surface area contributed by atoms with E-state index in [0.29, 0.717) is 0 Å². The minimum Gasteiger partial charge on any atom is -0.289 e. The molecule has 0 bridgehead atoms. The van der Waals surface area contributed by atoms with Crippen LogP contribution in [0.4, 0.5) is 4.39 Å². The molecule has 0 aliphatic rings. The molecule has 2 rings (SSSR count). The van der Waals surface area contributed by atoms with Crippen LogP contribution < -0.4 is 0 Å². The van der Waals surface area contributed by atoms with Gasteiger partial charge in [-0.05, 0) is 30.4 Å². The van der Waals surface area contributed by atoms with Crippen LogP contribution in [0, 0.1) is 5.82 Å². The lowest BCUT2D eigenvalue weighted by molar-refractivity contribution is 0.104. The predicted molar refractivity (Wildman–Crippen MR) is 87.1 cm³/mol. The largest absolute Gasteiger partial charge is 0.289 e. The van der Waals surface area contributed by atoms with E-state index in [4.69, 9.17) is 0 Å². The van der Waals surface area contributed by atoms with Crippen molar-refractivity contribution in [3.8, 4) is 0 Å². The number of carbonyl (C=O) groups excluding carboxylic acids is 1. The van der Waals surface area contributed by atoms with Gasteiger partial charge in [0.25, 0.3) is 0 Å². The van der Waals surface area contributed by atoms with Crippen molar-refractivity contribution in [1.82, 2.24) is 4.31 Å². The zero-order valence-corrected chi connectivity index (χ0v) is 13.5. The summed E-state index contributed by atoms with van der Waals surface area (Å²) in [5.41, 5.74) is 0.512. The molecule has 0 fully saturated rings. The molecule has 0 N–H and O–H groups in total. The molecule has 2 aromatic carbocycles. The van der Waals surface area contributed by atoms with Gasteiger partial charge in [0.1, 0.15) is 5.82 Å². The van der Waals surface area contributed by atoms with Crippen molar-refractivity contribution in [3.05, 3.63) is 71.6 Å². The van der Waals surface area contributed by atoms with Crippen molar-refractivity contribution in [1.29, 1.82) is 0 Å². The third kappa shape index (κ3) is 3.91. The van der Waals surface area contributed by atoms with Crippen LogP contribution in [0.15, 0.2) is 59.5 Å². The molecule has 0 amide bonds. The molecule has 0 radical (unpaired) electrons. The Morgan fingerprint density at radius 3 is 2.43 bits per heavy atom. The van der Waals surface area contributed by atoms with E-state index in [0.717, 1.165) is 4.31 Å². The summed E-state index contributed by atoms with van der Waals surface area (Å²) in [6, 6.07) is 11.8. The van der Waals surface area contributed by atoms with E-state index in [2.05, 4.69) is 0 Å². The maximum Gasteiger partial charge on any atom is 0.242 e. The summed E-state index contributed by atoms with van der Waals surface area (Å²) < 4.78 is 38.7. The Bertz CT molecular complexity index is 858. The minimum absolute atomic E-state index is 0.0349. The number of benzene rings is 2. The maximum atomic E-state index is 13.5. The topological polar surface area (TPSA) is 54.5 Å². The highest BCUT2D eigenvalue weighted by Gasteiger charge is 2.18. The zero-order valence-electron chi connectivity index (χ0n) is 12.7. The molecule has 23 heavy (non-hydrogen) atoms. The lowest BCUT2D eigenvalue weighted by Gasteiger charge is -2.11. The summed E-state index contributed by atoms with van der Waals surface area (Å²) >= 11 is 0. The van der Waals surface area contributed by atoms with Gasteiger partial charge in [-0.2, -0.15) is 0 Å². The Labute approximate surface area is 134 Å². The second-order valence-corrected chi connectivity index (χ2v) is 7.19. The van der Waals surface area contributed by atoms with Crippen molar-refractivity contribution in [3.63, 3.8) is 0 Å². The molecule has 0 unspecified atom stereocenters. The Balaban J connectivity index is 2.29. The van der Waals surface area contributed by atoms with Gasteiger partial charge in [-0.3, -0.25) is 4.79 Å². The third-order valence-corrected chi connectivity index (χ3v) is 5.03. The number of hydrogen-bond donors (Lipinski definition) is 0. The molecular formula is C17H16FNO3S. The average molecular weight is 333 g/mol. The van der Waals surface area contributed by atoms with Gasteiger partial charge in [0.05, 0.1) is 4.90 Å². The third-order valence-electron chi connectivity index (χ3n) is 3.22. The highest BCUT2D eigenvalue weighted by atomic mass is 32.2. The summed E-state index contributed by atoms with van der Waals surface area (Å²) in [6.07, 6.45) is 2.59. The second kappa shape index (κ2) is 6.85. The van der Waals surface area contributed by atoms with Gasteiger partial charge < -0.3 is 0 Å². The molecule has 0 saturated carbocycles. The number of nitrogens with zero attached hydrogens (tertiary/aromatic N) is 1. The van der Waals surface area contributed by atoms with Crippen LogP contribution in [0.25, 0.3) is 6.08 Å². The summed E-state index contributed by atoms with van der Waals surface area (Å²) in [6.45, 7) is 0. The van der Waals surface area contributed by atoms with Gasteiger partial charge in [0.15, 0.2) is 5.78 Å². The van der Waals surface area contributed by atoms with E-state index in [9.17, 15) is 17.6 Å². The minimum atomic E-state index is -3.61. The van der Waals surface area contributed by atoms with Crippen molar-refractivity contribution < 1.29 is 17.6 Å². The lowest BCUT2D eigenvalue weighted by Crippen LogP contribution is -2.22. The zero-order chi connectivity index (χ0) is 17.0. The van der Waals surface area contributed by atoms with Crippen LogP contribution in [0.3, 0.4) is 0 Å². The average Bonchev–Trinajstić information content (AvgIpc) is 2.53. The predicted octanol–water partition coefficient (Wildman–Crippen LogP) is 2.97. The number of hydrogen-bond acceptors (Lipinski definition) is 3. The number of rotatable bonds is 5. The molecule has 6 heteroatoms. The summed E-state index contributed by atoms with van der Waals surface area (Å²) in [5, 5.41) is 0. The maximum absolute atomic E-state index is 13.5. The fourth-order valence-corrected chi connectivity index (χ4v) is 2.84. The summed E-state index contributed by atoms with van der Waals surface area (Å²) in [4.78, 5) is 12.2. The molecule has 2 aromatic rings. The number of carbonyl (C=O) groups is 1. The molecule has 4 nitrogen and oxygen atoms in total. The van der Waals surface area contributed by atoms with E-state index in [-0.39, 0.29) is 16.0 Å². The van der Waals surface area contributed by atoms with Crippen molar-refractivity contribution >= 4 is 21.9 Å². The van der Waals surface area contributed by atoms with Gasteiger partial charge >= 0.3 is 0 Å². The smallest absolute Gasteiger partial charge is 0.242 e. The number of allylic oxidation sites excluding steroid dienone is 1. The fraction of sp³-hybridized carbons (Fsp3) is 0.118. The van der Waals surface area contributed by atoms with Gasteiger partial charge in [0.2, 0.25) is 10.0 Å². The Kier molecular flexibility index (Phi) is 5.08. The number of sulfonamides is 1. The molecule has 0 aromatic heterocycles. The molecule has 0 aliphatic carbocycles. The van der Waals surface area contributed by atoms with E-state index in [1.165, 1.54) is 56.6 Å². The SMILES string of the molecule is CN(C)S(=O)(=O)c1cccc(C(=O)/C=C/c2ccccc2F)c1. The Morgan fingerprint density at radius 1 is 1.09 bits per heavy atom. The normalized spacial score (nSPS) is 12.0. The summed E-state index contributed by atoms with van der Waals surface area (Å²) in [7, 11) is -0.773. The first-order valence-electron chi connectivity index (χ1n) is 6.82.